The van der Waals surface area contributed by atoms with Gasteiger partial charge in [0.1, 0.15) is 0 Å². The predicted molar refractivity (Wildman–Crippen MR) is 79.8 cm³/mol. The predicted octanol–water partition coefficient (Wildman–Crippen LogP) is 3.08. The first-order chi connectivity index (χ1) is 9.76. The van der Waals surface area contributed by atoms with Crippen molar-refractivity contribution in [2.75, 3.05) is 28.4 Å². The first-order valence-corrected chi connectivity index (χ1v) is 6.91. The first kappa shape index (κ1) is 14.7. The number of hydrogen-bond donors (Lipinski definition) is 1. The molecule has 0 amide bonds. The molecule has 0 aromatic heterocycles. The summed E-state index contributed by atoms with van der Waals surface area (Å²) in [6, 6.07) is 4.13. The van der Waals surface area contributed by atoms with E-state index in [0.717, 1.165) is 24.2 Å². The Morgan fingerprint density at radius 1 is 1.05 bits per heavy atom. The van der Waals surface area contributed by atoms with Gasteiger partial charge in [0, 0.05) is 5.56 Å². The molecule has 1 atom stereocenters. The van der Waals surface area contributed by atoms with E-state index in [2.05, 4.69) is 11.4 Å². The van der Waals surface area contributed by atoms with Crippen LogP contribution in [0.3, 0.4) is 0 Å². The lowest BCUT2D eigenvalue weighted by molar-refractivity contribution is 0.320. The minimum Gasteiger partial charge on any atom is -0.493 e. The summed E-state index contributed by atoms with van der Waals surface area (Å²) in [6.45, 7) is 0. The number of allylic oxidation sites excluding steroid dienone is 1. The van der Waals surface area contributed by atoms with E-state index in [9.17, 15) is 0 Å². The standard InChI is InChI=1S/C16H23NO3/c1-17-14(11-7-5-6-8-11)12-9-10-13(18-2)16(20-4)15(12)19-3/h7,9-10,14,17H,5-6,8H2,1-4H3. The maximum Gasteiger partial charge on any atom is 0.203 e. The van der Waals surface area contributed by atoms with Gasteiger partial charge in [-0.15, -0.1) is 0 Å². The molecule has 0 aliphatic heterocycles. The molecule has 0 saturated carbocycles. The Balaban J connectivity index is 2.49. The van der Waals surface area contributed by atoms with Crippen LogP contribution in [0.25, 0.3) is 0 Å². The van der Waals surface area contributed by atoms with Crippen molar-refractivity contribution in [1.82, 2.24) is 5.32 Å². The summed E-state index contributed by atoms with van der Waals surface area (Å²) in [7, 11) is 6.90. The molecule has 0 bridgehead atoms. The maximum absolute atomic E-state index is 5.58. The number of nitrogens with one attached hydrogen (secondary N) is 1. The van der Waals surface area contributed by atoms with Crippen molar-refractivity contribution in [3.63, 3.8) is 0 Å². The van der Waals surface area contributed by atoms with Crippen LogP contribution in [0.15, 0.2) is 23.8 Å². The van der Waals surface area contributed by atoms with Gasteiger partial charge in [-0.05, 0) is 38.4 Å². The summed E-state index contributed by atoms with van der Waals surface area (Å²) >= 11 is 0. The minimum absolute atomic E-state index is 0.159. The zero-order valence-corrected chi connectivity index (χ0v) is 12.7. The molecular formula is C16H23NO3. The summed E-state index contributed by atoms with van der Waals surface area (Å²) in [5.74, 6) is 2.06. The van der Waals surface area contributed by atoms with Crippen molar-refractivity contribution in [3.05, 3.63) is 29.3 Å². The van der Waals surface area contributed by atoms with Gasteiger partial charge in [0.25, 0.3) is 0 Å². The lowest BCUT2D eigenvalue weighted by Gasteiger charge is -2.23. The van der Waals surface area contributed by atoms with Crippen LogP contribution in [-0.2, 0) is 0 Å². The van der Waals surface area contributed by atoms with Crippen molar-refractivity contribution >= 4 is 0 Å². The summed E-state index contributed by atoms with van der Waals surface area (Å²) in [6.07, 6.45) is 5.83. The van der Waals surface area contributed by atoms with Crippen LogP contribution in [0.2, 0.25) is 0 Å². The Kier molecular flexibility index (Phi) is 4.90. The number of hydrogen-bond acceptors (Lipinski definition) is 4. The molecule has 2 rings (SSSR count). The molecule has 4 nitrogen and oxygen atoms in total. The van der Waals surface area contributed by atoms with Crippen molar-refractivity contribution in [3.8, 4) is 17.2 Å². The molecule has 0 saturated heterocycles. The van der Waals surface area contributed by atoms with E-state index in [0.29, 0.717) is 11.5 Å². The average Bonchev–Trinajstić information content (AvgIpc) is 3.01. The molecule has 0 spiro atoms. The molecular weight excluding hydrogens is 254 g/mol. The van der Waals surface area contributed by atoms with Gasteiger partial charge < -0.3 is 19.5 Å². The van der Waals surface area contributed by atoms with E-state index in [1.165, 1.54) is 12.0 Å². The first-order valence-electron chi connectivity index (χ1n) is 6.91. The molecule has 1 aromatic carbocycles. The van der Waals surface area contributed by atoms with Crippen LogP contribution >= 0.6 is 0 Å². The number of ether oxygens (including phenoxy) is 3. The average molecular weight is 277 g/mol. The van der Waals surface area contributed by atoms with E-state index < -0.39 is 0 Å². The van der Waals surface area contributed by atoms with Crippen LogP contribution in [0.4, 0.5) is 0 Å². The SMILES string of the molecule is CNC(C1=CCCC1)c1ccc(OC)c(OC)c1OC. The maximum atomic E-state index is 5.58. The quantitative estimate of drug-likeness (QED) is 0.811. The van der Waals surface area contributed by atoms with Crippen LogP contribution in [-0.4, -0.2) is 28.4 Å². The van der Waals surface area contributed by atoms with Crippen molar-refractivity contribution in [1.29, 1.82) is 0 Å². The highest BCUT2D eigenvalue weighted by Crippen LogP contribution is 2.44. The molecule has 1 aromatic rings. The van der Waals surface area contributed by atoms with E-state index in [1.807, 2.05) is 19.2 Å². The number of benzene rings is 1. The van der Waals surface area contributed by atoms with E-state index in [-0.39, 0.29) is 6.04 Å². The van der Waals surface area contributed by atoms with Crippen molar-refractivity contribution in [2.45, 2.75) is 25.3 Å². The highest BCUT2D eigenvalue weighted by Gasteiger charge is 2.24. The van der Waals surface area contributed by atoms with E-state index >= 15 is 0 Å². The monoisotopic (exact) mass is 277 g/mol. The normalized spacial score (nSPS) is 15.7. The number of rotatable bonds is 6. The summed E-state index contributed by atoms with van der Waals surface area (Å²) in [4.78, 5) is 0. The Morgan fingerprint density at radius 2 is 1.80 bits per heavy atom. The van der Waals surface area contributed by atoms with Gasteiger partial charge in [0.15, 0.2) is 11.5 Å². The topological polar surface area (TPSA) is 39.7 Å². The zero-order valence-electron chi connectivity index (χ0n) is 12.7. The van der Waals surface area contributed by atoms with Gasteiger partial charge in [-0.25, -0.2) is 0 Å². The Labute approximate surface area is 120 Å². The van der Waals surface area contributed by atoms with Gasteiger partial charge in [-0.2, -0.15) is 0 Å². The van der Waals surface area contributed by atoms with Crippen LogP contribution in [0, 0.1) is 0 Å². The summed E-state index contributed by atoms with van der Waals surface area (Å²) in [5.41, 5.74) is 2.50. The smallest absolute Gasteiger partial charge is 0.203 e. The Bertz CT molecular complexity index is 497. The zero-order chi connectivity index (χ0) is 14.5. The molecule has 4 heteroatoms. The van der Waals surface area contributed by atoms with Crippen LogP contribution in [0.1, 0.15) is 30.9 Å². The summed E-state index contributed by atoms with van der Waals surface area (Å²) in [5, 5.41) is 3.38. The molecule has 0 radical (unpaired) electrons. The van der Waals surface area contributed by atoms with Gasteiger partial charge in [0.2, 0.25) is 5.75 Å². The molecule has 20 heavy (non-hydrogen) atoms. The van der Waals surface area contributed by atoms with Gasteiger partial charge in [0.05, 0.1) is 27.4 Å². The van der Waals surface area contributed by atoms with Gasteiger partial charge in [-0.3, -0.25) is 0 Å². The molecule has 1 aliphatic carbocycles. The third-order valence-electron chi connectivity index (χ3n) is 3.78. The lowest BCUT2D eigenvalue weighted by atomic mass is 9.96. The molecule has 0 fully saturated rings. The van der Waals surface area contributed by atoms with Crippen molar-refractivity contribution < 1.29 is 14.2 Å². The number of likely N-dealkylation sites (N-methyl/N-ethyl adjacent to an activating group) is 1. The second-order valence-corrected chi connectivity index (χ2v) is 4.82. The van der Waals surface area contributed by atoms with E-state index in [4.69, 9.17) is 14.2 Å². The summed E-state index contributed by atoms with van der Waals surface area (Å²) < 4.78 is 16.4. The second-order valence-electron chi connectivity index (χ2n) is 4.82. The molecule has 110 valence electrons. The molecule has 1 N–H and O–H groups in total. The molecule has 1 aliphatic rings. The van der Waals surface area contributed by atoms with Crippen LogP contribution < -0.4 is 19.5 Å². The molecule has 1 unspecified atom stereocenters. The third kappa shape index (κ3) is 2.61. The Hall–Kier alpha value is -1.68. The highest BCUT2D eigenvalue weighted by molar-refractivity contribution is 5.58. The largest absolute Gasteiger partial charge is 0.493 e. The second kappa shape index (κ2) is 6.66. The fourth-order valence-corrected chi connectivity index (χ4v) is 2.85. The van der Waals surface area contributed by atoms with Gasteiger partial charge in [-0.1, -0.05) is 11.6 Å². The molecule has 0 heterocycles. The number of methoxy groups -OCH3 is 3. The van der Waals surface area contributed by atoms with E-state index in [1.54, 1.807) is 21.3 Å². The van der Waals surface area contributed by atoms with Gasteiger partial charge >= 0.3 is 0 Å². The third-order valence-corrected chi connectivity index (χ3v) is 3.78. The van der Waals surface area contributed by atoms with Crippen molar-refractivity contribution in [2.24, 2.45) is 0 Å². The highest BCUT2D eigenvalue weighted by atomic mass is 16.5. The fourth-order valence-electron chi connectivity index (χ4n) is 2.85. The van der Waals surface area contributed by atoms with Crippen LogP contribution in [0.5, 0.6) is 17.2 Å². The lowest BCUT2D eigenvalue weighted by Crippen LogP contribution is -2.19. The fraction of sp³-hybridized carbons (Fsp3) is 0.500. The minimum atomic E-state index is 0.159. The Morgan fingerprint density at radius 3 is 2.30 bits per heavy atom.